The Bertz CT molecular complexity index is 429. The van der Waals surface area contributed by atoms with Crippen molar-refractivity contribution >= 4 is 9.52 Å². The zero-order valence-electron chi connectivity index (χ0n) is 11.0. The Kier molecular flexibility index (Phi) is 4.17. The summed E-state index contributed by atoms with van der Waals surface area (Å²) in [7, 11) is -0.375. The summed E-state index contributed by atoms with van der Waals surface area (Å²) in [6.45, 7) is 3.83. The quantitative estimate of drug-likeness (QED) is 0.775. The van der Waals surface area contributed by atoms with Gasteiger partial charge in [-0.05, 0) is 30.4 Å². The fourth-order valence-electron chi connectivity index (χ4n) is 2.54. The molecule has 0 atom stereocenters. The number of nitrogens with zero attached hydrogens (tertiary/aromatic N) is 1. The number of ether oxygens (including phenoxy) is 1. The lowest BCUT2D eigenvalue weighted by atomic mass is 10.2. The molecule has 2 aromatic heterocycles. The minimum atomic E-state index is -0.375. The molecule has 4 nitrogen and oxygen atoms in total. The standard InChI is InChI=1S/C14H19NO3Si/c1-3-12(17-7-1)14(13-4-2-8-18-13)19-11-15-5-9-16-10-6-15/h1-4,7-8,14H,5-6,9-11,19H2. The van der Waals surface area contributed by atoms with Crippen LogP contribution in [-0.2, 0) is 4.74 Å². The molecule has 0 radical (unpaired) electrons. The van der Waals surface area contributed by atoms with E-state index >= 15 is 0 Å². The van der Waals surface area contributed by atoms with Gasteiger partial charge in [0.25, 0.3) is 0 Å². The summed E-state index contributed by atoms with van der Waals surface area (Å²) in [6, 6.07) is 8.02. The number of furan rings is 2. The van der Waals surface area contributed by atoms with Crippen LogP contribution in [0.2, 0.25) is 0 Å². The summed E-state index contributed by atoms with van der Waals surface area (Å²) < 4.78 is 16.6. The Hall–Kier alpha value is -1.30. The number of hydrogen-bond acceptors (Lipinski definition) is 4. The monoisotopic (exact) mass is 277 g/mol. The minimum absolute atomic E-state index is 0.341. The highest BCUT2D eigenvalue weighted by molar-refractivity contribution is 6.39. The van der Waals surface area contributed by atoms with E-state index in [1.54, 1.807) is 12.5 Å². The molecule has 0 bridgehead atoms. The molecule has 5 heteroatoms. The van der Waals surface area contributed by atoms with Crippen molar-refractivity contribution in [3.63, 3.8) is 0 Å². The van der Waals surface area contributed by atoms with Gasteiger partial charge in [-0.3, -0.25) is 0 Å². The summed E-state index contributed by atoms with van der Waals surface area (Å²) in [4.78, 5) is 2.49. The molecule has 0 saturated carbocycles. The van der Waals surface area contributed by atoms with Crippen LogP contribution < -0.4 is 0 Å². The first-order valence-corrected chi connectivity index (χ1v) is 8.62. The van der Waals surface area contributed by atoms with Gasteiger partial charge in [0.2, 0.25) is 0 Å². The van der Waals surface area contributed by atoms with Gasteiger partial charge in [0.15, 0.2) is 0 Å². The Morgan fingerprint density at radius 1 is 1.05 bits per heavy atom. The van der Waals surface area contributed by atoms with Gasteiger partial charge in [0, 0.05) is 13.1 Å². The highest BCUT2D eigenvalue weighted by Crippen LogP contribution is 2.24. The molecule has 1 saturated heterocycles. The van der Waals surface area contributed by atoms with Gasteiger partial charge in [-0.2, -0.15) is 0 Å². The first-order valence-electron chi connectivity index (χ1n) is 6.80. The molecule has 0 unspecified atom stereocenters. The smallest absolute Gasteiger partial charge is 0.110 e. The summed E-state index contributed by atoms with van der Waals surface area (Å²) in [5.41, 5.74) is 0.341. The van der Waals surface area contributed by atoms with Gasteiger partial charge in [0.05, 0.1) is 40.8 Å². The molecule has 0 spiro atoms. The molecule has 1 fully saturated rings. The lowest BCUT2D eigenvalue weighted by Gasteiger charge is -2.27. The van der Waals surface area contributed by atoms with Crippen molar-refractivity contribution in [2.75, 3.05) is 32.5 Å². The predicted octanol–water partition coefficient (Wildman–Crippen LogP) is 1.42. The second-order valence-electron chi connectivity index (χ2n) is 4.83. The summed E-state index contributed by atoms with van der Waals surface area (Å²) in [6.07, 6.45) is 4.66. The van der Waals surface area contributed by atoms with Crippen molar-refractivity contribution in [3.8, 4) is 0 Å². The molecule has 0 amide bonds. The highest BCUT2D eigenvalue weighted by Gasteiger charge is 2.21. The van der Waals surface area contributed by atoms with Gasteiger partial charge in [-0.1, -0.05) is 0 Å². The zero-order valence-corrected chi connectivity index (χ0v) is 12.4. The molecule has 2 aromatic rings. The van der Waals surface area contributed by atoms with Gasteiger partial charge in [0.1, 0.15) is 11.5 Å². The maximum absolute atomic E-state index is 5.59. The van der Waals surface area contributed by atoms with E-state index in [0.717, 1.165) is 37.8 Å². The second-order valence-corrected chi connectivity index (χ2v) is 6.67. The third-order valence-electron chi connectivity index (χ3n) is 3.61. The van der Waals surface area contributed by atoms with E-state index in [4.69, 9.17) is 13.6 Å². The van der Waals surface area contributed by atoms with E-state index in [1.807, 2.05) is 12.1 Å². The van der Waals surface area contributed by atoms with Crippen molar-refractivity contribution in [1.29, 1.82) is 0 Å². The molecule has 102 valence electrons. The lowest BCUT2D eigenvalue weighted by Crippen LogP contribution is -2.39. The Morgan fingerprint density at radius 3 is 2.21 bits per heavy atom. The Morgan fingerprint density at radius 2 is 1.68 bits per heavy atom. The van der Waals surface area contributed by atoms with E-state index in [0.29, 0.717) is 5.54 Å². The van der Waals surface area contributed by atoms with E-state index in [2.05, 4.69) is 17.0 Å². The van der Waals surface area contributed by atoms with Crippen molar-refractivity contribution < 1.29 is 13.6 Å². The number of hydrogen-bond donors (Lipinski definition) is 0. The fraction of sp³-hybridized carbons (Fsp3) is 0.429. The van der Waals surface area contributed by atoms with Crippen LogP contribution in [0.15, 0.2) is 45.6 Å². The normalized spacial score (nSPS) is 17.7. The Balaban J connectivity index is 1.66. The molecule has 0 N–H and O–H groups in total. The van der Waals surface area contributed by atoms with Crippen molar-refractivity contribution in [1.82, 2.24) is 4.90 Å². The van der Waals surface area contributed by atoms with Gasteiger partial charge < -0.3 is 18.5 Å². The van der Waals surface area contributed by atoms with Crippen LogP contribution >= 0.6 is 0 Å². The molecular formula is C14H19NO3Si. The number of morpholine rings is 1. The summed E-state index contributed by atoms with van der Waals surface area (Å²) in [5.74, 6) is 2.07. The van der Waals surface area contributed by atoms with Crippen LogP contribution in [0.4, 0.5) is 0 Å². The Labute approximate surface area is 115 Å². The summed E-state index contributed by atoms with van der Waals surface area (Å²) in [5, 5.41) is 0. The third kappa shape index (κ3) is 3.18. The second kappa shape index (κ2) is 6.23. The van der Waals surface area contributed by atoms with Crippen LogP contribution in [0, 0.1) is 0 Å². The third-order valence-corrected chi connectivity index (χ3v) is 5.88. The average molecular weight is 277 g/mol. The number of rotatable bonds is 5. The van der Waals surface area contributed by atoms with Crippen molar-refractivity contribution in [2.24, 2.45) is 0 Å². The molecule has 0 aliphatic carbocycles. The molecule has 1 aliphatic heterocycles. The predicted molar refractivity (Wildman–Crippen MR) is 75.1 cm³/mol. The fourth-order valence-corrected chi connectivity index (χ4v) is 4.64. The molecule has 3 rings (SSSR count). The van der Waals surface area contributed by atoms with E-state index < -0.39 is 0 Å². The van der Waals surface area contributed by atoms with Crippen LogP contribution in [0.5, 0.6) is 0 Å². The van der Waals surface area contributed by atoms with Crippen LogP contribution in [0.1, 0.15) is 17.1 Å². The van der Waals surface area contributed by atoms with Crippen LogP contribution in [0.25, 0.3) is 0 Å². The van der Waals surface area contributed by atoms with Gasteiger partial charge >= 0.3 is 0 Å². The molecule has 0 aromatic carbocycles. The van der Waals surface area contributed by atoms with E-state index in [-0.39, 0.29) is 9.52 Å². The van der Waals surface area contributed by atoms with Gasteiger partial charge in [-0.15, -0.1) is 0 Å². The molecule has 19 heavy (non-hydrogen) atoms. The van der Waals surface area contributed by atoms with Gasteiger partial charge in [-0.25, -0.2) is 0 Å². The SMILES string of the molecule is c1coc(C([SiH2]CN2CCOCC2)c2ccco2)c1. The maximum atomic E-state index is 5.59. The van der Waals surface area contributed by atoms with Crippen LogP contribution in [0.3, 0.4) is 0 Å². The first-order chi connectivity index (χ1) is 9.43. The minimum Gasteiger partial charge on any atom is -0.469 e. The lowest BCUT2D eigenvalue weighted by molar-refractivity contribution is 0.0461. The largest absolute Gasteiger partial charge is 0.469 e. The first kappa shape index (κ1) is 12.7. The van der Waals surface area contributed by atoms with Crippen molar-refractivity contribution in [2.45, 2.75) is 5.54 Å². The summed E-state index contributed by atoms with van der Waals surface area (Å²) >= 11 is 0. The molecule has 3 heterocycles. The average Bonchev–Trinajstić information content (AvgIpc) is 3.13. The highest BCUT2D eigenvalue weighted by atomic mass is 28.2. The molecule has 1 aliphatic rings. The topological polar surface area (TPSA) is 38.8 Å². The van der Waals surface area contributed by atoms with E-state index in [1.165, 1.54) is 6.17 Å². The van der Waals surface area contributed by atoms with Crippen LogP contribution in [-0.4, -0.2) is 46.9 Å². The van der Waals surface area contributed by atoms with Crippen molar-refractivity contribution in [3.05, 3.63) is 48.3 Å². The van der Waals surface area contributed by atoms with E-state index in [9.17, 15) is 0 Å². The molecular weight excluding hydrogens is 258 g/mol. The maximum Gasteiger partial charge on any atom is 0.110 e. The zero-order chi connectivity index (χ0) is 12.9.